The standard InChI is InChI=1S/C28H27ClF2N4O2S/c1-36-21-8-6-19(7-9-21)17-35(28-10-13-37-33-28)38-27-14-23(29)26(15-25(27)31)32-16-22-20(4-2-5-24(22)30)18-34-11-3-12-34/h2,4-10,13-15,32H,3,11-12,16-18H2,1H3. The molecule has 1 saturated heterocycles. The zero-order valence-corrected chi connectivity index (χ0v) is 22.4. The summed E-state index contributed by atoms with van der Waals surface area (Å²) < 4.78 is 42.0. The van der Waals surface area contributed by atoms with Crippen molar-refractivity contribution in [3.8, 4) is 5.75 Å². The Labute approximate surface area is 229 Å². The van der Waals surface area contributed by atoms with Gasteiger partial charge >= 0.3 is 0 Å². The minimum absolute atomic E-state index is 0.198. The quantitative estimate of drug-likeness (QED) is 0.197. The number of aromatic nitrogens is 1. The first-order valence-electron chi connectivity index (χ1n) is 12.2. The Kier molecular flexibility index (Phi) is 8.36. The Morgan fingerprint density at radius 1 is 1.11 bits per heavy atom. The van der Waals surface area contributed by atoms with E-state index in [1.54, 1.807) is 25.3 Å². The Hall–Kier alpha value is -3.27. The van der Waals surface area contributed by atoms with Crippen molar-refractivity contribution in [2.75, 3.05) is 29.8 Å². The fourth-order valence-electron chi connectivity index (χ4n) is 4.16. The first kappa shape index (κ1) is 26.3. The van der Waals surface area contributed by atoms with Gasteiger partial charge in [0.1, 0.15) is 23.6 Å². The number of anilines is 2. The van der Waals surface area contributed by atoms with Crippen LogP contribution in [0.15, 0.2) is 76.3 Å². The average molecular weight is 557 g/mol. The maximum Gasteiger partial charge on any atom is 0.182 e. The number of benzene rings is 3. The summed E-state index contributed by atoms with van der Waals surface area (Å²) in [6, 6.07) is 17.3. The molecule has 38 heavy (non-hydrogen) atoms. The Morgan fingerprint density at radius 2 is 1.92 bits per heavy atom. The summed E-state index contributed by atoms with van der Waals surface area (Å²) in [5.74, 6) is 0.539. The molecule has 0 spiro atoms. The van der Waals surface area contributed by atoms with Crippen LogP contribution in [0.4, 0.5) is 20.3 Å². The van der Waals surface area contributed by atoms with E-state index in [0.29, 0.717) is 40.1 Å². The molecule has 5 rings (SSSR count). The molecule has 1 aliphatic heterocycles. The monoisotopic (exact) mass is 556 g/mol. The molecule has 1 fully saturated rings. The normalized spacial score (nSPS) is 13.3. The second kappa shape index (κ2) is 12.1. The lowest BCUT2D eigenvalue weighted by molar-refractivity contribution is 0.172. The van der Waals surface area contributed by atoms with Crippen LogP contribution in [-0.2, 0) is 19.6 Å². The van der Waals surface area contributed by atoms with Crippen LogP contribution >= 0.6 is 23.5 Å². The molecule has 1 aromatic heterocycles. The van der Waals surface area contributed by atoms with E-state index < -0.39 is 5.82 Å². The fourth-order valence-corrected chi connectivity index (χ4v) is 5.41. The smallest absolute Gasteiger partial charge is 0.182 e. The highest BCUT2D eigenvalue weighted by Crippen LogP contribution is 2.36. The molecule has 0 atom stereocenters. The molecule has 0 bridgehead atoms. The summed E-state index contributed by atoms with van der Waals surface area (Å²) in [4.78, 5) is 2.59. The molecular formula is C28H27ClF2N4O2S. The molecule has 0 aliphatic carbocycles. The second-order valence-electron chi connectivity index (χ2n) is 8.96. The summed E-state index contributed by atoms with van der Waals surface area (Å²) in [6.45, 7) is 3.36. The van der Waals surface area contributed by atoms with Crippen molar-refractivity contribution >= 4 is 35.1 Å². The lowest BCUT2D eigenvalue weighted by Crippen LogP contribution is -2.36. The van der Waals surface area contributed by atoms with E-state index in [-0.39, 0.29) is 12.4 Å². The van der Waals surface area contributed by atoms with Gasteiger partial charge in [-0.15, -0.1) is 0 Å². The minimum Gasteiger partial charge on any atom is -0.497 e. The number of hydrogen-bond acceptors (Lipinski definition) is 7. The Bertz CT molecular complexity index is 1370. The minimum atomic E-state index is -0.459. The lowest BCUT2D eigenvalue weighted by Gasteiger charge is -2.31. The number of methoxy groups -OCH3 is 1. The van der Waals surface area contributed by atoms with Gasteiger partial charge in [0, 0.05) is 24.7 Å². The number of halogens is 3. The number of nitrogens with zero attached hydrogens (tertiary/aromatic N) is 3. The van der Waals surface area contributed by atoms with Crippen molar-refractivity contribution in [3.63, 3.8) is 0 Å². The average Bonchev–Trinajstić information content (AvgIpc) is 3.43. The molecule has 3 aromatic carbocycles. The molecule has 10 heteroatoms. The van der Waals surface area contributed by atoms with Gasteiger partial charge in [0.15, 0.2) is 5.82 Å². The molecule has 1 N–H and O–H groups in total. The first-order chi connectivity index (χ1) is 18.5. The molecule has 198 valence electrons. The van der Waals surface area contributed by atoms with Gasteiger partial charge in [-0.1, -0.05) is 41.0 Å². The van der Waals surface area contributed by atoms with E-state index in [1.807, 2.05) is 34.6 Å². The van der Waals surface area contributed by atoms with Crippen molar-refractivity contribution in [2.45, 2.75) is 31.0 Å². The molecular weight excluding hydrogens is 530 g/mol. The van der Waals surface area contributed by atoms with Crippen LogP contribution < -0.4 is 14.4 Å². The van der Waals surface area contributed by atoms with Gasteiger partial charge in [0.25, 0.3) is 0 Å². The van der Waals surface area contributed by atoms with Crippen LogP contribution in [0.3, 0.4) is 0 Å². The van der Waals surface area contributed by atoms with Gasteiger partial charge in [0.05, 0.1) is 29.3 Å². The summed E-state index contributed by atoms with van der Waals surface area (Å²) in [7, 11) is 1.61. The van der Waals surface area contributed by atoms with Crippen LogP contribution in [-0.4, -0.2) is 30.3 Å². The van der Waals surface area contributed by atoms with E-state index in [9.17, 15) is 4.39 Å². The maximum atomic E-state index is 15.3. The number of likely N-dealkylation sites (tertiary alicyclic amines) is 1. The number of hydrogen-bond donors (Lipinski definition) is 1. The highest BCUT2D eigenvalue weighted by molar-refractivity contribution is 8.00. The van der Waals surface area contributed by atoms with E-state index in [2.05, 4.69) is 15.4 Å². The molecule has 0 amide bonds. The summed E-state index contributed by atoms with van der Waals surface area (Å²) in [5, 5.41) is 7.48. The summed E-state index contributed by atoms with van der Waals surface area (Å²) in [6.07, 6.45) is 2.63. The zero-order chi connectivity index (χ0) is 26.5. The van der Waals surface area contributed by atoms with Crippen molar-refractivity contribution in [2.24, 2.45) is 0 Å². The number of nitrogens with one attached hydrogen (secondary N) is 1. The Balaban J connectivity index is 1.31. The molecule has 0 saturated carbocycles. The molecule has 0 unspecified atom stereocenters. The van der Waals surface area contributed by atoms with E-state index >= 15 is 4.39 Å². The number of ether oxygens (including phenoxy) is 1. The third kappa shape index (κ3) is 6.23. The molecule has 4 aromatic rings. The van der Waals surface area contributed by atoms with Gasteiger partial charge in [-0.2, -0.15) is 0 Å². The van der Waals surface area contributed by atoms with Gasteiger partial charge in [0.2, 0.25) is 0 Å². The van der Waals surface area contributed by atoms with Gasteiger partial charge in [-0.05, 0) is 72.9 Å². The maximum absolute atomic E-state index is 15.3. The fraction of sp³-hybridized carbons (Fsp3) is 0.250. The SMILES string of the molecule is COc1ccc(CN(Sc2cc(Cl)c(NCc3c(F)cccc3CN3CCC3)cc2F)c2ccon2)cc1. The molecule has 0 radical (unpaired) electrons. The van der Waals surface area contributed by atoms with Crippen LogP contribution in [0.2, 0.25) is 5.02 Å². The second-order valence-corrected chi connectivity index (χ2v) is 10.4. The Morgan fingerprint density at radius 3 is 2.61 bits per heavy atom. The summed E-state index contributed by atoms with van der Waals surface area (Å²) in [5.41, 5.74) is 2.86. The molecule has 6 nitrogen and oxygen atoms in total. The van der Waals surface area contributed by atoms with E-state index in [4.69, 9.17) is 20.9 Å². The molecule has 2 heterocycles. The number of rotatable bonds is 11. The topological polar surface area (TPSA) is 53.8 Å². The van der Waals surface area contributed by atoms with Crippen LogP contribution in [0, 0.1) is 11.6 Å². The van der Waals surface area contributed by atoms with Gasteiger partial charge in [-0.3, -0.25) is 9.21 Å². The molecule has 1 aliphatic rings. The highest BCUT2D eigenvalue weighted by atomic mass is 35.5. The van der Waals surface area contributed by atoms with Crippen molar-refractivity contribution in [1.29, 1.82) is 0 Å². The van der Waals surface area contributed by atoms with E-state index in [1.165, 1.54) is 18.4 Å². The highest BCUT2D eigenvalue weighted by Gasteiger charge is 2.19. The zero-order valence-electron chi connectivity index (χ0n) is 20.8. The van der Waals surface area contributed by atoms with Crippen LogP contribution in [0.1, 0.15) is 23.1 Å². The predicted octanol–water partition coefficient (Wildman–Crippen LogP) is 7.15. The van der Waals surface area contributed by atoms with Crippen molar-refractivity contribution < 1.29 is 18.0 Å². The van der Waals surface area contributed by atoms with Crippen LogP contribution in [0.5, 0.6) is 5.75 Å². The third-order valence-corrected chi connectivity index (χ3v) is 7.77. The van der Waals surface area contributed by atoms with Crippen molar-refractivity contribution in [3.05, 3.63) is 100 Å². The third-order valence-electron chi connectivity index (χ3n) is 6.41. The lowest BCUT2D eigenvalue weighted by atomic mass is 10.0. The van der Waals surface area contributed by atoms with Crippen LogP contribution in [0.25, 0.3) is 0 Å². The largest absolute Gasteiger partial charge is 0.497 e. The summed E-state index contributed by atoms with van der Waals surface area (Å²) >= 11 is 7.72. The van der Waals surface area contributed by atoms with Crippen molar-refractivity contribution in [1.82, 2.24) is 10.1 Å². The van der Waals surface area contributed by atoms with Gasteiger partial charge in [-0.25, -0.2) is 8.78 Å². The predicted molar refractivity (Wildman–Crippen MR) is 147 cm³/mol. The van der Waals surface area contributed by atoms with Gasteiger partial charge < -0.3 is 14.6 Å². The van der Waals surface area contributed by atoms with E-state index in [0.717, 1.165) is 48.3 Å². The first-order valence-corrected chi connectivity index (χ1v) is 13.4.